The summed E-state index contributed by atoms with van der Waals surface area (Å²) in [6.45, 7) is 0. The number of fused-ring (bicyclic) bond motifs is 8. The van der Waals surface area contributed by atoms with Crippen LogP contribution in [0.3, 0.4) is 0 Å². The van der Waals surface area contributed by atoms with Crippen LogP contribution >= 0.6 is 0 Å². The molecule has 0 fully saturated rings. The molecule has 1 heterocycles. The monoisotopic (exact) mass is 558 g/mol. The molecule has 0 bridgehead atoms. The third kappa shape index (κ3) is 3.89. The molecule has 0 aliphatic carbocycles. The number of aromatic nitrogens is 2. The molecule has 8 aromatic carbocycles. The smallest absolute Gasteiger partial charge is 0.160 e. The molecule has 0 atom stereocenters. The lowest BCUT2D eigenvalue weighted by Crippen LogP contribution is -1.96. The summed E-state index contributed by atoms with van der Waals surface area (Å²) in [6.07, 6.45) is 0. The Bertz CT molecular complexity index is 2530. The predicted molar refractivity (Wildman–Crippen MR) is 186 cm³/mol. The molecule has 9 rings (SSSR count). The third-order valence-corrected chi connectivity index (χ3v) is 8.83. The molecule has 0 N–H and O–H groups in total. The summed E-state index contributed by atoms with van der Waals surface area (Å²) in [7, 11) is 0. The van der Waals surface area contributed by atoms with Gasteiger partial charge in [0.1, 0.15) is 0 Å². The summed E-state index contributed by atoms with van der Waals surface area (Å²) in [5.74, 6) is 0.732. The molecular weight excluding hydrogens is 532 g/mol. The van der Waals surface area contributed by atoms with E-state index in [-0.39, 0.29) is 0 Å². The van der Waals surface area contributed by atoms with Gasteiger partial charge in [0.05, 0.1) is 11.2 Å². The second-order valence-corrected chi connectivity index (χ2v) is 11.4. The van der Waals surface area contributed by atoms with Crippen LogP contribution < -0.4 is 0 Å². The normalized spacial score (nSPS) is 11.6. The lowest BCUT2D eigenvalue weighted by Gasteiger charge is -2.16. The molecule has 0 unspecified atom stereocenters. The molecule has 0 saturated heterocycles. The zero-order chi connectivity index (χ0) is 29.0. The van der Waals surface area contributed by atoms with Gasteiger partial charge >= 0.3 is 0 Å². The Labute approximate surface area is 254 Å². The number of nitrogens with zero attached hydrogens (tertiary/aromatic N) is 2. The van der Waals surface area contributed by atoms with Gasteiger partial charge in [0.25, 0.3) is 0 Å². The molecule has 0 aliphatic heterocycles. The highest BCUT2D eigenvalue weighted by molar-refractivity contribution is 6.27. The molecule has 1 aromatic heterocycles. The maximum atomic E-state index is 5.13. The second kappa shape index (κ2) is 9.86. The lowest BCUT2D eigenvalue weighted by molar-refractivity contribution is 1.23. The number of hydrogen-bond acceptors (Lipinski definition) is 2. The van der Waals surface area contributed by atoms with Crippen molar-refractivity contribution in [2.24, 2.45) is 0 Å². The Balaban J connectivity index is 1.35. The van der Waals surface area contributed by atoms with Crippen molar-refractivity contribution < 1.29 is 0 Å². The number of hydrogen-bond donors (Lipinski definition) is 0. The van der Waals surface area contributed by atoms with Crippen LogP contribution in [0.5, 0.6) is 0 Å². The molecule has 204 valence electrons. The van der Waals surface area contributed by atoms with Crippen molar-refractivity contribution in [3.8, 4) is 33.8 Å². The fourth-order valence-electron chi connectivity index (χ4n) is 6.76. The van der Waals surface area contributed by atoms with Gasteiger partial charge in [-0.15, -0.1) is 0 Å². The summed E-state index contributed by atoms with van der Waals surface area (Å²) in [5, 5.41) is 11.2. The van der Waals surface area contributed by atoms with Gasteiger partial charge in [0.15, 0.2) is 5.82 Å². The topological polar surface area (TPSA) is 25.8 Å². The van der Waals surface area contributed by atoms with E-state index in [1.54, 1.807) is 0 Å². The van der Waals surface area contributed by atoms with Gasteiger partial charge in [-0.05, 0) is 72.4 Å². The van der Waals surface area contributed by atoms with Gasteiger partial charge in [0.2, 0.25) is 0 Å². The van der Waals surface area contributed by atoms with Crippen LogP contribution in [0.15, 0.2) is 158 Å². The molecule has 0 amide bonds. The van der Waals surface area contributed by atoms with E-state index in [0.717, 1.165) is 39.1 Å². The van der Waals surface area contributed by atoms with Gasteiger partial charge in [0, 0.05) is 16.5 Å². The van der Waals surface area contributed by atoms with Crippen LogP contribution in [-0.2, 0) is 0 Å². The Morgan fingerprint density at radius 2 is 0.977 bits per heavy atom. The minimum Gasteiger partial charge on any atom is -0.228 e. The number of benzene rings is 8. The highest BCUT2D eigenvalue weighted by Gasteiger charge is 2.16. The van der Waals surface area contributed by atoms with Gasteiger partial charge < -0.3 is 0 Å². The van der Waals surface area contributed by atoms with Crippen molar-refractivity contribution >= 4 is 54.0 Å². The summed E-state index contributed by atoms with van der Waals surface area (Å²) < 4.78 is 0. The molecule has 2 heteroatoms. The van der Waals surface area contributed by atoms with E-state index in [2.05, 4.69) is 133 Å². The minimum absolute atomic E-state index is 0.732. The van der Waals surface area contributed by atoms with Crippen molar-refractivity contribution in [3.63, 3.8) is 0 Å². The molecule has 2 nitrogen and oxygen atoms in total. The van der Waals surface area contributed by atoms with Crippen LogP contribution in [0.2, 0.25) is 0 Å². The first kappa shape index (κ1) is 24.7. The maximum Gasteiger partial charge on any atom is 0.160 e. The average Bonchev–Trinajstić information content (AvgIpc) is 3.10. The van der Waals surface area contributed by atoms with Gasteiger partial charge in [-0.3, -0.25) is 0 Å². The minimum atomic E-state index is 0.732. The molecule has 0 radical (unpaired) electrons. The van der Waals surface area contributed by atoms with Crippen LogP contribution in [0, 0.1) is 0 Å². The van der Waals surface area contributed by atoms with E-state index in [9.17, 15) is 0 Å². The van der Waals surface area contributed by atoms with E-state index in [4.69, 9.17) is 9.97 Å². The first-order valence-electron chi connectivity index (χ1n) is 15.0. The van der Waals surface area contributed by atoms with Crippen molar-refractivity contribution in [1.29, 1.82) is 0 Å². The lowest BCUT2D eigenvalue weighted by atomic mass is 9.88. The fourth-order valence-corrected chi connectivity index (χ4v) is 6.76. The first-order valence-corrected chi connectivity index (χ1v) is 15.0. The van der Waals surface area contributed by atoms with Crippen molar-refractivity contribution in [3.05, 3.63) is 158 Å². The Kier molecular flexibility index (Phi) is 5.54. The zero-order valence-corrected chi connectivity index (χ0v) is 23.9. The Morgan fingerprint density at radius 3 is 1.80 bits per heavy atom. The van der Waals surface area contributed by atoms with Crippen LogP contribution in [0.4, 0.5) is 0 Å². The van der Waals surface area contributed by atoms with Crippen LogP contribution in [0.1, 0.15) is 0 Å². The Morgan fingerprint density at radius 1 is 0.341 bits per heavy atom. The molecule has 0 spiro atoms. The molecule has 0 aliphatic rings. The zero-order valence-electron chi connectivity index (χ0n) is 23.9. The van der Waals surface area contributed by atoms with E-state index < -0.39 is 0 Å². The second-order valence-electron chi connectivity index (χ2n) is 11.4. The van der Waals surface area contributed by atoms with E-state index in [0.29, 0.717) is 0 Å². The molecular formula is C42H26N2. The van der Waals surface area contributed by atoms with Crippen molar-refractivity contribution in [1.82, 2.24) is 9.97 Å². The van der Waals surface area contributed by atoms with E-state index in [1.807, 2.05) is 24.3 Å². The highest BCUT2D eigenvalue weighted by atomic mass is 14.9. The predicted octanol–water partition coefficient (Wildman–Crippen LogP) is 11.2. The van der Waals surface area contributed by atoms with Crippen LogP contribution in [0.25, 0.3) is 87.8 Å². The number of rotatable bonds is 3. The quantitative estimate of drug-likeness (QED) is 0.202. The molecule has 9 aromatic rings. The first-order chi connectivity index (χ1) is 21.8. The van der Waals surface area contributed by atoms with E-state index >= 15 is 0 Å². The summed E-state index contributed by atoms with van der Waals surface area (Å²) in [6, 6.07) is 56.2. The van der Waals surface area contributed by atoms with Gasteiger partial charge in [-0.2, -0.15) is 0 Å². The SMILES string of the molecule is c1ccc(-c2nc(-c3ccccc3)c3ccc(-c4cc5ccccc5c5c4ccc4c6ccccc6ccc45)cc3n2)cc1. The van der Waals surface area contributed by atoms with Crippen molar-refractivity contribution in [2.45, 2.75) is 0 Å². The van der Waals surface area contributed by atoms with E-state index in [1.165, 1.54) is 48.7 Å². The molecule has 0 saturated carbocycles. The fraction of sp³-hybridized carbons (Fsp3) is 0. The highest BCUT2D eigenvalue weighted by Crippen LogP contribution is 2.41. The largest absolute Gasteiger partial charge is 0.228 e. The van der Waals surface area contributed by atoms with Crippen molar-refractivity contribution in [2.75, 3.05) is 0 Å². The molecule has 44 heavy (non-hydrogen) atoms. The maximum absolute atomic E-state index is 5.13. The summed E-state index contributed by atoms with van der Waals surface area (Å²) >= 11 is 0. The summed E-state index contributed by atoms with van der Waals surface area (Å²) in [4.78, 5) is 10.2. The average molecular weight is 559 g/mol. The third-order valence-electron chi connectivity index (χ3n) is 8.83. The van der Waals surface area contributed by atoms with Gasteiger partial charge in [-0.25, -0.2) is 9.97 Å². The van der Waals surface area contributed by atoms with Gasteiger partial charge in [-0.1, -0.05) is 140 Å². The van der Waals surface area contributed by atoms with Crippen LogP contribution in [-0.4, -0.2) is 9.97 Å². The summed E-state index contributed by atoms with van der Waals surface area (Å²) in [5.41, 5.74) is 6.32. The standard InChI is InChI=1S/C42H26N2/c1-3-12-28(13-4-1)41-37-22-20-31(26-39(37)43-42(44-41)29-14-5-2-6-15-29)38-25-30-16-8-10-18-33(30)40-35-21-19-27-11-7-9-17-32(27)34(35)23-24-36(38)40/h1-26H. The Hall–Kier alpha value is -5.86.